The van der Waals surface area contributed by atoms with E-state index < -0.39 is 35.8 Å². The molecule has 0 radical (unpaired) electrons. The maximum absolute atomic E-state index is 11.2. The van der Waals surface area contributed by atoms with Crippen LogP contribution in [0, 0.1) is 0 Å². The summed E-state index contributed by atoms with van der Waals surface area (Å²) in [6.07, 6.45) is 0. The maximum atomic E-state index is 11.2. The van der Waals surface area contributed by atoms with Crippen molar-refractivity contribution in [3.05, 3.63) is 12.1 Å². The average Bonchev–Trinajstić information content (AvgIpc) is 2.24. The van der Waals surface area contributed by atoms with Crippen molar-refractivity contribution >= 4 is 20.2 Å². The molecule has 0 aliphatic rings. The molecule has 8 nitrogen and oxygen atoms in total. The Balaban J connectivity index is 3.90. The Labute approximate surface area is 104 Å². The zero-order chi connectivity index (χ0) is 14.1. The van der Waals surface area contributed by atoms with Gasteiger partial charge in [-0.25, -0.2) is 0 Å². The predicted octanol–water partition coefficient (Wildman–Crippen LogP) is 0.197. The first-order valence-corrected chi connectivity index (χ1v) is 7.21. The summed E-state index contributed by atoms with van der Waals surface area (Å²) in [7, 11) is -7.54. The van der Waals surface area contributed by atoms with E-state index in [2.05, 4.69) is 4.74 Å². The summed E-state index contributed by atoms with van der Waals surface area (Å²) in [5, 5.41) is 0. The molecule has 0 aliphatic heterocycles. The summed E-state index contributed by atoms with van der Waals surface area (Å²) in [6.45, 7) is 0. The molecule has 0 spiro atoms. The van der Waals surface area contributed by atoms with Gasteiger partial charge in [0.2, 0.25) is 0 Å². The Bertz CT molecular complexity index is 659. The Hall–Kier alpha value is -1.36. The molecule has 0 heterocycles. The van der Waals surface area contributed by atoms with E-state index in [4.69, 9.17) is 13.8 Å². The highest BCUT2D eigenvalue weighted by Crippen LogP contribution is 2.38. The molecule has 0 saturated heterocycles. The molecule has 1 rings (SSSR count). The molecule has 0 fully saturated rings. The van der Waals surface area contributed by atoms with Crippen molar-refractivity contribution in [1.82, 2.24) is 0 Å². The van der Waals surface area contributed by atoms with E-state index in [9.17, 15) is 16.8 Å². The second kappa shape index (κ2) is 4.72. The van der Waals surface area contributed by atoms with Crippen LogP contribution in [-0.2, 0) is 20.2 Å². The van der Waals surface area contributed by atoms with Crippen LogP contribution in [0.15, 0.2) is 21.9 Å². The van der Waals surface area contributed by atoms with Gasteiger partial charge in [0.15, 0.2) is 16.4 Å². The van der Waals surface area contributed by atoms with E-state index in [1.165, 1.54) is 7.11 Å². The SMILES string of the molecule is COc1ccc(S(=O)(=O)O)c(S(=O)(=O)O)c1OC. The molecule has 0 atom stereocenters. The van der Waals surface area contributed by atoms with Crippen LogP contribution in [0.1, 0.15) is 0 Å². The summed E-state index contributed by atoms with van der Waals surface area (Å²) in [4.78, 5) is -2.07. The van der Waals surface area contributed by atoms with E-state index in [0.717, 1.165) is 19.2 Å². The molecule has 0 aromatic heterocycles. The van der Waals surface area contributed by atoms with Crippen LogP contribution < -0.4 is 9.47 Å². The van der Waals surface area contributed by atoms with Gasteiger partial charge in [-0.3, -0.25) is 9.11 Å². The first-order chi connectivity index (χ1) is 8.12. The maximum Gasteiger partial charge on any atom is 0.299 e. The minimum Gasteiger partial charge on any atom is -0.493 e. The second-order valence-corrected chi connectivity index (χ2v) is 5.83. The average molecular weight is 298 g/mol. The molecule has 0 aliphatic carbocycles. The fourth-order valence-corrected chi connectivity index (χ4v) is 3.27. The van der Waals surface area contributed by atoms with Crippen LogP contribution in [0.2, 0.25) is 0 Å². The Morgan fingerprint density at radius 1 is 0.944 bits per heavy atom. The minimum atomic E-state index is -4.94. The number of ether oxygens (including phenoxy) is 2. The first kappa shape index (κ1) is 14.7. The lowest BCUT2D eigenvalue weighted by Crippen LogP contribution is -2.11. The standard InChI is InChI=1S/C8H10O8S2/c1-15-5-3-4-6(17(9,10)11)8(7(5)16-2)18(12,13)14/h3-4H,1-2H3,(H,9,10,11)(H,12,13,14). The lowest BCUT2D eigenvalue weighted by Gasteiger charge is -2.13. The Morgan fingerprint density at radius 2 is 1.50 bits per heavy atom. The van der Waals surface area contributed by atoms with Crippen molar-refractivity contribution in [3.8, 4) is 11.5 Å². The highest BCUT2D eigenvalue weighted by atomic mass is 32.2. The monoisotopic (exact) mass is 298 g/mol. The third-order valence-corrected chi connectivity index (χ3v) is 3.95. The smallest absolute Gasteiger partial charge is 0.299 e. The van der Waals surface area contributed by atoms with Gasteiger partial charge in [0.25, 0.3) is 20.2 Å². The number of methoxy groups -OCH3 is 2. The van der Waals surface area contributed by atoms with E-state index in [1.807, 2.05) is 0 Å². The number of hydrogen-bond acceptors (Lipinski definition) is 6. The van der Waals surface area contributed by atoms with Gasteiger partial charge < -0.3 is 9.47 Å². The van der Waals surface area contributed by atoms with Gasteiger partial charge in [0.05, 0.1) is 14.2 Å². The van der Waals surface area contributed by atoms with Crippen molar-refractivity contribution in [3.63, 3.8) is 0 Å². The van der Waals surface area contributed by atoms with Gasteiger partial charge in [-0.1, -0.05) is 0 Å². The molecule has 0 saturated carbocycles. The third kappa shape index (κ3) is 2.72. The summed E-state index contributed by atoms with van der Waals surface area (Å²) < 4.78 is 71.9. The Kier molecular flexibility index (Phi) is 3.86. The van der Waals surface area contributed by atoms with Crippen molar-refractivity contribution in [2.45, 2.75) is 9.79 Å². The zero-order valence-corrected chi connectivity index (χ0v) is 10.9. The van der Waals surface area contributed by atoms with Gasteiger partial charge in [0.1, 0.15) is 4.90 Å². The Morgan fingerprint density at radius 3 is 1.83 bits per heavy atom. The van der Waals surface area contributed by atoms with Gasteiger partial charge in [-0.2, -0.15) is 16.8 Å². The molecule has 0 amide bonds. The van der Waals surface area contributed by atoms with Crippen molar-refractivity contribution in [2.24, 2.45) is 0 Å². The first-order valence-electron chi connectivity index (χ1n) is 4.33. The molecular formula is C8H10O8S2. The fourth-order valence-electron chi connectivity index (χ4n) is 1.33. The molecule has 10 heteroatoms. The predicted molar refractivity (Wildman–Crippen MR) is 59.2 cm³/mol. The molecule has 18 heavy (non-hydrogen) atoms. The van der Waals surface area contributed by atoms with Crippen molar-refractivity contribution in [1.29, 1.82) is 0 Å². The normalized spacial score (nSPS) is 12.2. The lowest BCUT2D eigenvalue weighted by atomic mass is 10.3. The van der Waals surface area contributed by atoms with Crippen molar-refractivity contribution < 1.29 is 35.4 Å². The van der Waals surface area contributed by atoms with Gasteiger partial charge in [0, 0.05) is 0 Å². The highest BCUT2D eigenvalue weighted by Gasteiger charge is 2.30. The summed E-state index contributed by atoms with van der Waals surface area (Å²) >= 11 is 0. The molecule has 1 aromatic rings. The number of rotatable bonds is 4. The van der Waals surface area contributed by atoms with E-state index in [0.29, 0.717) is 0 Å². The summed E-state index contributed by atoms with van der Waals surface area (Å²) in [5.41, 5.74) is 0. The van der Waals surface area contributed by atoms with Gasteiger partial charge in [-0.05, 0) is 12.1 Å². The third-order valence-electron chi connectivity index (χ3n) is 2.00. The van der Waals surface area contributed by atoms with E-state index in [1.54, 1.807) is 0 Å². The molecular weight excluding hydrogens is 288 g/mol. The van der Waals surface area contributed by atoms with Crippen LogP contribution in [0.3, 0.4) is 0 Å². The van der Waals surface area contributed by atoms with Crippen LogP contribution in [-0.4, -0.2) is 40.2 Å². The molecule has 102 valence electrons. The van der Waals surface area contributed by atoms with Crippen LogP contribution >= 0.6 is 0 Å². The van der Waals surface area contributed by atoms with Gasteiger partial charge >= 0.3 is 0 Å². The molecule has 0 bridgehead atoms. The van der Waals surface area contributed by atoms with E-state index in [-0.39, 0.29) is 5.75 Å². The zero-order valence-electron chi connectivity index (χ0n) is 9.32. The highest BCUT2D eigenvalue weighted by molar-refractivity contribution is 7.89. The largest absolute Gasteiger partial charge is 0.493 e. The van der Waals surface area contributed by atoms with Crippen LogP contribution in [0.25, 0.3) is 0 Å². The van der Waals surface area contributed by atoms with E-state index >= 15 is 0 Å². The summed E-state index contributed by atoms with van der Waals surface area (Å²) in [5.74, 6) is -0.632. The lowest BCUT2D eigenvalue weighted by molar-refractivity contribution is 0.341. The quantitative estimate of drug-likeness (QED) is 0.754. The van der Waals surface area contributed by atoms with Gasteiger partial charge in [-0.15, -0.1) is 0 Å². The summed E-state index contributed by atoms with van der Waals surface area (Å²) in [6, 6.07) is 1.86. The second-order valence-electron chi connectivity index (χ2n) is 3.08. The number of hydrogen-bond donors (Lipinski definition) is 2. The number of benzene rings is 1. The molecule has 2 N–H and O–H groups in total. The van der Waals surface area contributed by atoms with Crippen molar-refractivity contribution in [2.75, 3.05) is 14.2 Å². The fraction of sp³-hybridized carbons (Fsp3) is 0.250. The van der Waals surface area contributed by atoms with Crippen LogP contribution in [0.4, 0.5) is 0 Å². The topological polar surface area (TPSA) is 127 Å². The van der Waals surface area contributed by atoms with Crippen LogP contribution in [0.5, 0.6) is 11.5 Å². The molecule has 0 unspecified atom stereocenters. The molecule has 1 aromatic carbocycles. The minimum absolute atomic E-state index is 0.113.